The Morgan fingerprint density at radius 1 is 1.53 bits per heavy atom. The van der Waals surface area contributed by atoms with Gasteiger partial charge in [0.25, 0.3) is 0 Å². The number of hydrogen-bond donors (Lipinski definition) is 0. The summed E-state index contributed by atoms with van der Waals surface area (Å²) in [6, 6.07) is 5.29. The molecule has 0 unspecified atom stereocenters. The molecule has 0 aliphatic rings. The maximum absolute atomic E-state index is 11.0. The van der Waals surface area contributed by atoms with Crippen molar-refractivity contribution in [1.29, 1.82) is 0 Å². The van der Waals surface area contributed by atoms with Gasteiger partial charge in [0.2, 0.25) is 0 Å². The number of aldehydes is 1. The lowest BCUT2D eigenvalue weighted by molar-refractivity contribution is 0.112. The molecule has 1 aromatic heterocycles. The van der Waals surface area contributed by atoms with Crippen LogP contribution in [-0.4, -0.2) is 18.3 Å². The van der Waals surface area contributed by atoms with E-state index in [0.717, 1.165) is 17.7 Å². The van der Waals surface area contributed by atoms with E-state index in [4.69, 9.17) is 11.6 Å². The van der Waals surface area contributed by atoms with Gasteiger partial charge in [-0.25, -0.2) is 4.98 Å². The van der Waals surface area contributed by atoms with Crippen LogP contribution >= 0.6 is 22.9 Å². The molecule has 0 amide bonds. The van der Waals surface area contributed by atoms with E-state index in [-0.39, 0.29) is 0 Å². The van der Waals surface area contributed by atoms with Gasteiger partial charge in [-0.15, -0.1) is 11.3 Å². The highest BCUT2D eigenvalue weighted by molar-refractivity contribution is 7.07. The minimum atomic E-state index is 0.568. The number of benzene rings is 1. The number of carbonyl (C=O) groups is 1. The lowest BCUT2D eigenvalue weighted by Crippen LogP contribution is -2.18. The Labute approximate surface area is 109 Å². The summed E-state index contributed by atoms with van der Waals surface area (Å²) in [5, 5.41) is 2.56. The first kappa shape index (κ1) is 12.1. The number of aromatic nitrogens is 1. The Morgan fingerprint density at radius 3 is 3.00 bits per heavy atom. The third kappa shape index (κ3) is 2.84. The summed E-state index contributed by atoms with van der Waals surface area (Å²) in [7, 11) is 1.93. The van der Waals surface area contributed by atoms with E-state index in [1.807, 2.05) is 23.4 Å². The van der Waals surface area contributed by atoms with Crippen molar-refractivity contribution in [2.24, 2.45) is 0 Å². The van der Waals surface area contributed by atoms with Crippen LogP contribution in [0.3, 0.4) is 0 Å². The summed E-state index contributed by atoms with van der Waals surface area (Å²) in [5.41, 5.74) is 4.24. The van der Waals surface area contributed by atoms with Gasteiger partial charge in [-0.1, -0.05) is 11.6 Å². The molecule has 0 saturated heterocycles. The van der Waals surface area contributed by atoms with Gasteiger partial charge in [-0.3, -0.25) is 4.79 Å². The first-order chi connectivity index (χ1) is 8.20. The Balaban J connectivity index is 2.24. The molecule has 88 valence electrons. The van der Waals surface area contributed by atoms with E-state index in [0.29, 0.717) is 17.1 Å². The molecule has 2 rings (SSSR count). The number of thiazole rings is 1. The molecule has 0 bridgehead atoms. The van der Waals surface area contributed by atoms with Gasteiger partial charge in [0.05, 0.1) is 17.7 Å². The molecule has 0 N–H and O–H groups in total. The molecule has 1 aromatic carbocycles. The van der Waals surface area contributed by atoms with Gasteiger partial charge < -0.3 is 4.90 Å². The highest BCUT2D eigenvalue weighted by Gasteiger charge is 2.09. The summed E-state index contributed by atoms with van der Waals surface area (Å²) in [6.07, 6.45) is 0.818. The molecule has 3 nitrogen and oxygen atoms in total. The van der Waals surface area contributed by atoms with Crippen LogP contribution in [0.4, 0.5) is 5.69 Å². The molecule has 1 heterocycles. The number of rotatable bonds is 4. The molecule has 0 aliphatic heterocycles. The normalized spacial score (nSPS) is 10.2. The average molecular weight is 267 g/mol. The summed E-state index contributed by atoms with van der Waals surface area (Å²) in [6.45, 7) is 0.673. The van der Waals surface area contributed by atoms with E-state index in [9.17, 15) is 4.79 Å². The van der Waals surface area contributed by atoms with Crippen molar-refractivity contribution in [2.45, 2.75) is 6.54 Å². The van der Waals surface area contributed by atoms with Crippen LogP contribution in [0.25, 0.3) is 0 Å². The van der Waals surface area contributed by atoms with E-state index in [1.54, 1.807) is 29.0 Å². The highest BCUT2D eigenvalue weighted by Crippen LogP contribution is 2.23. The lowest BCUT2D eigenvalue weighted by atomic mass is 10.2. The van der Waals surface area contributed by atoms with Gasteiger partial charge in [-0.05, 0) is 18.2 Å². The van der Waals surface area contributed by atoms with Crippen LogP contribution in [0.1, 0.15) is 16.1 Å². The van der Waals surface area contributed by atoms with Gasteiger partial charge >= 0.3 is 0 Å². The quantitative estimate of drug-likeness (QED) is 0.797. The van der Waals surface area contributed by atoms with Crippen molar-refractivity contribution in [2.75, 3.05) is 11.9 Å². The maximum Gasteiger partial charge on any atom is 0.152 e. The van der Waals surface area contributed by atoms with Crippen LogP contribution in [-0.2, 0) is 6.54 Å². The van der Waals surface area contributed by atoms with E-state index in [1.165, 1.54) is 0 Å². The summed E-state index contributed by atoms with van der Waals surface area (Å²) >= 11 is 7.42. The van der Waals surface area contributed by atoms with Crippen molar-refractivity contribution >= 4 is 34.9 Å². The minimum Gasteiger partial charge on any atom is -0.368 e. The van der Waals surface area contributed by atoms with Crippen LogP contribution in [0.5, 0.6) is 0 Å². The summed E-state index contributed by atoms with van der Waals surface area (Å²) < 4.78 is 0. The molecule has 17 heavy (non-hydrogen) atoms. The molecular weight excluding hydrogens is 256 g/mol. The maximum atomic E-state index is 11.0. The smallest absolute Gasteiger partial charge is 0.152 e. The fourth-order valence-corrected chi connectivity index (χ4v) is 2.34. The molecule has 0 aliphatic carbocycles. The monoisotopic (exact) mass is 266 g/mol. The zero-order valence-corrected chi connectivity index (χ0v) is 10.8. The summed E-state index contributed by atoms with van der Waals surface area (Å²) in [4.78, 5) is 17.2. The number of hydrogen-bond acceptors (Lipinski definition) is 4. The van der Waals surface area contributed by atoms with Gasteiger partial charge in [0, 0.05) is 28.7 Å². The van der Waals surface area contributed by atoms with Crippen LogP contribution in [0.15, 0.2) is 29.1 Å². The number of halogens is 1. The zero-order chi connectivity index (χ0) is 12.3. The first-order valence-electron chi connectivity index (χ1n) is 5.03. The van der Waals surface area contributed by atoms with E-state index in [2.05, 4.69) is 4.98 Å². The zero-order valence-electron chi connectivity index (χ0n) is 9.26. The lowest BCUT2D eigenvalue weighted by Gasteiger charge is -2.19. The molecule has 0 radical (unpaired) electrons. The third-order valence-electron chi connectivity index (χ3n) is 2.41. The van der Waals surface area contributed by atoms with Crippen molar-refractivity contribution in [3.63, 3.8) is 0 Å². The van der Waals surface area contributed by atoms with Crippen LogP contribution in [0.2, 0.25) is 5.02 Å². The van der Waals surface area contributed by atoms with Gasteiger partial charge in [-0.2, -0.15) is 0 Å². The largest absolute Gasteiger partial charge is 0.368 e. The second-order valence-corrected chi connectivity index (χ2v) is 4.81. The Kier molecular flexibility index (Phi) is 3.76. The minimum absolute atomic E-state index is 0.568. The second kappa shape index (κ2) is 5.29. The first-order valence-corrected chi connectivity index (χ1v) is 6.35. The molecule has 2 aromatic rings. The Hall–Kier alpha value is -1.39. The van der Waals surface area contributed by atoms with Gasteiger partial charge in [0.15, 0.2) is 6.29 Å². The highest BCUT2D eigenvalue weighted by atomic mass is 35.5. The molecular formula is C12H11ClN2OS. The topological polar surface area (TPSA) is 33.2 Å². The van der Waals surface area contributed by atoms with E-state index < -0.39 is 0 Å². The fraction of sp³-hybridized carbons (Fsp3) is 0.167. The van der Waals surface area contributed by atoms with Gasteiger partial charge in [0.1, 0.15) is 0 Å². The Bertz CT molecular complexity index is 513. The number of anilines is 1. The molecule has 0 spiro atoms. The van der Waals surface area contributed by atoms with Crippen LogP contribution in [0, 0.1) is 0 Å². The average Bonchev–Trinajstić information content (AvgIpc) is 2.81. The number of carbonyl (C=O) groups excluding carboxylic acids is 1. The molecule has 5 heteroatoms. The third-order valence-corrected chi connectivity index (χ3v) is 3.28. The molecule has 0 atom stereocenters. The van der Waals surface area contributed by atoms with Crippen molar-refractivity contribution < 1.29 is 4.79 Å². The predicted octanol–water partition coefficient (Wildman–Crippen LogP) is 3.25. The van der Waals surface area contributed by atoms with Crippen LogP contribution < -0.4 is 4.90 Å². The molecule has 0 fully saturated rings. The van der Waals surface area contributed by atoms with Crippen molar-refractivity contribution in [1.82, 2.24) is 4.98 Å². The predicted molar refractivity (Wildman–Crippen MR) is 71.1 cm³/mol. The SMILES string of the molecule is CN(Cc1cscn1)c1ccc(Cl)cc1C=O. The fourth-order valence-electron chi connectivity index (χ4n) is 1.61. The number of nitrogens with zero attached hydrogens (tertiary/aromatic N) is 2. The standard InChI is InChI=1S/C12H11ClN2OS/c1-15(5-11-7-17-8-14-11)12-3-2-10(13)4-9(12)6-16/h2-4,6-8H,5H2,1H3. The van der Waals surface area contributed by atoms with Crippen molar-refractivity contribution in [3.05, 3.63) is 45.4 Å². The second-order valence-electron chi connectivity index (χ2n) is 3.66. The van der Waals surface area contributed by atoms with Crippen molar-refractivity contribution in [3.8, 4) is 0 Å². The molecule has 0 saturated carbocycles. The Morgan fingerprint density at radius 2 is 2.35 bits per heavy atom. The van der Waals surface area contributed by atoms with E-state index >= 15 is 0 Å². The summed E-state index contributed by atoms with van der Waals surface area (Å²) in [5.74, 6) is 0.